The highest BCUT2D eigenvalue weighted by Crippen LogP contribution is 2.13. The average molecular weight is 212 g/mol. The van der Waals surface area contributed by atoms with E-state index in [-0.39, 0.29) is 5.91 Å². The second-order valence-corrected chi connectivity index (χ2v) is 3.86. The average Bonchev–Trinajstić information content (AvgIpc) is 2.69. The number of rotatable bonds is 4. The van der Waals surface area contributed by atoms with E-state index in [1.165, 1.54) is 0 Å². The number of carbonyl (C=O) groups is 1. The van der Waals surface area contributed by atoms with Crippen molar-refractivity contribution in [2.75, 3.05) is 0 Å². The van der Waals surface area contributed by atoms with Crippen molar-refractivity contribution in [1.82, 2.24) is 25.9 Å². The summed E-state index contributed by atoms with van der Waals surface area (Å²) >= 11 is 0. The SMILES string of the molecule is CC[C@H](N)C(=O)NC(C)(C)c1nn[nH]n1. The maximum atomic E-state index is 11.6. The Morgan fingerprint density at radius 1 is 1.67 bits per heavy atom. The van der Waals surface area contributed by atoms with Crippen molar-refractivity contribution in [2.45, 2.75) is 38.8 Å². The first-order chi connectivity index (χ1) is 6.97. The zero-order valence-corrected chi connectivity index (χ0v) is 9.11. The highest BCUT2D eigenvalue weighted by molar-refractivity contribution is 5.82. The highest BCUT2D eigenvalue weighted by atomic mass is 16.2. The van der Waals surface area contributed by atoms with Crippen molar-refractivity contribution in [3.8, 4) is 0 Å². The Balaban J connectivity index is 2.69. The van der Waals surface area contributed by atoms with Gasteiger partial charge in [-0.2, -0.15) is 5.21 Å². The third-order valence-electron chi connectivity index (χ3n) is 2.12. The van der Waals surface area contributed by atoms with Crippen LogP contribution < -0.4 is 11.1 Å². The van der Waals surface area contributed by atoms with Gasteiger partial charge in [-0.1, -0.05) is 12.1 Å². The van der Waals surface area contributed by atoms with Gasteiger partial charge in [-0.15, -0.1) is 10.2 Å². The van der Waals surface area contributed by atoms with Gasteiger partial charge >= 0.3 is 0 Å². The molecule has 0 fully saturated rings. The number of amides is 1. The molecule has 1 aromatic rings. The molecule has 0 saturated heterocycles. The molecule has 1 atom stereocenters. The van der Waals surface area contributed by atoms with Crippen molar-refractivity contribution in [2.24, 2.45) is 5.73 Å². The van der Waals surface area contributed by atoms with E-state index in [1.54, 1.807) is 13.8 Å². The molecule has 0 bridgehead atoms. The molecule has 0 aliphatic rings. The van der Waals surface area contributed by atoms with Crippen LogP contribution >= 0.6 is 0 Å². The Hall–Kier alpha value is -1.50. The van der Waals surface area contributed by atoms with Gasteiger partial charge in [0.1, 0.15) is 0 Å². The van der Waals surface area contributed by atoms with Crippen LogP contribution in [0.25, 0.3) is 0 Å². The molecule has 7 nitrogen and oxygen atoms in total. The van der Waals surface area contributed by atoms with E-state index in [9.17, 15) is 4.79 Å². The van der Waals surface area contributed by atoms with E-state index in [0.29, 0.717) is 12.2 Å². The maximum absolute atomic E-state index is 11.6. The van der Waals surface area contributed by atoms with Gasteiger partial charge in [0, 0.05) is 0 Å². The number of tetrazole rings is 1. The lowest BCUT2D eigenvalue weighted by atomic mass is 10.0. The molecule has 0 aromatic carbocycles. The lowest BCUT2D eigenvalue weighted by molar-refractivity contribution is -0.124. The minimum absolute atomic E-state index is 0.215. The van der Waals surface area contributed by atoms with E-state index in [0.717, 1.165) is 0 Å². The van der Waals surface area contributed by atoms with E-state index in [2.05, 4.69) is 25.9 Å². The summed E-state index contributed by atoms with van der Waals surface area (Å²) in [6.07, 6.45) is 0.591. The molecule has 0 aliphatic heterocycles. The van der Waals surface area contributed by atoms with Gasteiger partial charge in [0.2, 0.25) is 5.91 Å². The normalized spacial score (nSPS) is 13.6. The summed E-state index contributed by atoms with van der Waals surface area (Å²) in [5, 5.41) is 16.2. The van der Waals surface area contributed by atoms with Gasteiger partial charge in [-0.3, -0.25) is 4.79 Å². The molecule has 0 spiro atoms. The largest absolute Gasteiger partial charge is 0.342 e. The number of nitrogens with zero attached hydrogens (tertiary/aromatic N) is 3. The van der Waals surface area contributed by atoms with Gasteiger partial charge in [-0.25, -0.2) is 0 Å². The van der Waals surface area contributed by atoms with Gasteiger partial charge in [-0.05, 0) is 20.3 Å². The number of aromatic amines is 1. The van der Waals surface area contributed by atoms with Crippen LogP contribution in [-0.4, -0.2) is 32.6 Å². The van der Waals surface area contributed by atoms with E-state index in [1.807, 2.05) is 6.92 Å². The predicted octanol–water partition coefficient (Wildman–Crippen LogP) is -0.712. The zero-order valence-electron chi connectivity index (χ0n) is 9.11. The first-order valence-electron chi connectivity index (χ1n) is 4.79. The molecule has 0 unspecified atom stereocenters. The van der Waals surface area contributed by atoms with Crippen molar-refractivity contribution in [1.29, 1.82) is 0 Å². The zero-order chi connectivity index (χ0) is 11.5. The maximum Gasteiger partial charge on any atom is 0.237 e. The molecular formula is C8H16N6O. The lowest BCUT2D eigenvalue weighted by Gasteiger charge is -2.23. The summed E-state index contributed by atoms with van der Waals surface area (Å²) in [4.78, 5) is 11.6. The van der Waals surface area contributed by atoms with Crippen molar-refractivity contribution >= 4 is 5.91 Å². The van der Waals surface area contributed by atoms with E-state index in [4.69, 9.17) is 5.73 Å². The fraction of sp³-hybridized carbons (Fsp3) is 0.750. The van der Waals surface area contributed by atoms with Crippen LogP contribution in [0.4, 0.5) is 0 Å². The predicted molar refractivity (Wildman–Crippen MR) is 53.6 cm³/mol. The highest BCUT2D eigenvalue weighted by Gasteiger charge is 2.28. The summed E-state index contributed by atoms with van der Waals surface area (Å²) in [5.41, 5.74) is 4.93. The molecule has 1 rings (SSSR count). The standard InChI is InChI=1S/C8H16N6O/c1-4-5(9)6(15)10-8(2,3)7-11-13-14-12-7/h5H,4,9H2,1-3H3,(H,10,15)(H,11,12,13,14)/t5-/m0/s1. The smallest absolute Gasteiger partial charge is 0.237 e. The minimum atomic E-state index is -0.670. The van der Waals surface area contributed by atoms with Gasteiger partial charge in [0.05, 0.1) is 11.6 Å². The number of nitrogens with two attached hydrogens (primary N) is 1. The topological polar surface area (TPSA) is 110 Å². The quantitative estimate of drug-likeness (QED) is 0.610. The summed E-state index contributed by atoms with van der Waals surface area (Å²) < 4.78 is 0. The fourth-order valence-electron chi connectivity index (χ4n) is 1.07. The van der Waals surface area contributed by atoms with Crippen LogP contribution in [-0.2, 0) is 10.3 Å². The molecule has 1 heterocycles. The minimum Gasteiger partial charge on any atom is -0.342 e. The van der Waals surface area contributed by atoms with Crippen LogP contribution in [0.2, 0.25) is 0 Å². The molecule has 84 valence electrons. The summed E-state index contributed by atoms with van der Waals surface area (Å²) in [6, 6.07) is -0.504. The molecule has 1 amide bonds. The summed E-state index contributed by atoms with van der Waals surface area (Å²) in [6.45, 7) is 5.43. The molecule has 0 radical (unpaired) electrons. The van der Waals surface area contributed by atoms with Gasteiger partial charge in [0.25, 0.3) is 0 Å². The van der Waals surface area contributed by atoms with Crippen LogP contribution in [0.5, 0.6) is 0 Å². The van der Waals surface area contributed by atoms with Crippen molar-refractivity contribution in [3.05, 3.63) is 5.82 Å². The van der Waals surface area contributed by atoms with Gasteiger partial charge < -0.3 is 11.1 Å². The van der Waals surface area contributed by atoms with Gasteiger partial charge in [0.15, 0.2) is 5.82 Å². The molecule has 0 saturated carbocycles. The molecule has 0 aliphatic carbocycles. The molecule has 15 heavy (non-hydrogen) atoms. The van der Waals surface area contributed by atoms with Crippen LogP contribution in [0, 0.1) is 0 Å². The number of aromatic nitrogens is 4. The monoisotopic (exact) mass is 212 g/mol. The molecule has 4 N–H and O–H groups in total. The number of nitrogens with one attached hydrogen (secondary N) is 2. The molecular weight excluding hydrogens is 196 g/mol. The van der Waals surface area contributed by atoms with E-state index >= 15 is 0 Å². The van der Waals surface area contributed by atoms with E-state index < -0.39 is 11.6 Å². The molecule has 1 aromatic heterocycles. The third-order valence-corrected chi connectivity index (χ3v) is 2.12. The Morgan fingerprint density at radius 3 is 2.80 bits per heavy atom. The Kier molecular flexibility index (Phi) is 3.35. The Morgan fingerprint density at radius 2 is 2.33 bits per heavy atom. The number of hydrogen-bond acceptors (Lipinski definition) is 5. The second-order valence-electron chi connectivity index (χ2n) is 3.86. The number of carbonyl (C=O) groups excluding carboxylic acids is 1. The van der Waals surface area contributed by atoms with Crippen molar-refractivity contribution in [3.63, 3.8) is 0 Å². The Bertz CT molecular complexity index is 320. The van der Waals surface area contributed by atoms with Crippen LogP contribution in [0.15, 0.2) is 0 Å². The second kappa shape index (κ2) is 4.35. The summed E-state index contributed by atoms with van der Waals surface area (Å²) in [5.74, 6) is 0.214. The number of H-pyrrole nitrogens is 1. The molecule has 7 heteroatoms. The third kappa shape index (κ3) is 2.72. The summed E-state index contributed by atoms with van der Waals surface area (Å²) in [7, 11) is 0. The fourth-order valence-corrected chi connectivity index (χ4v) is 1.07. The lowest BCUT2D eigenvalue weighted by Crippen LogP contribution is -2.49. The first kappa shape index (κ1) is 11.6. The van der Waals surface area contributed by atoms with Crippen molar-refractivity contribution < 1.29 is 4.79 Å². The van der Waals surface area contributed by atoms with Crippen LogP contribution in [0.1, 0.15) is 33.0 Å². The van der Waals surface area contributed by atoms with Crippen LogP contribution in [0.3, 0.4) is 0 Å². The first-order valence-corrected chi connectivity index (χ1v) is 4.79. The number of hydrogen-bond donors (Lipinski definition) is 3. The Labute approximate surface area is 87.8 Å².